The van der Waals surface area contributed by atoms with Crippen molar-refractivity contribution in [1.82, 2.24) is 0 Å². The first-order valence-electron chi connectivity index (χ1n) is 5.27. The van der Waals surface area contributed by atoms with Crippen LogP contribution in [0.3, 0.4) is 0 Å². The molecule has 0 aliphatic heterocycles. The summed E-state index contributed by atoms with van der Waals surface area (Å²) in [4.78, 5) is 0. The summed E-state index contributed by atoms with van der Waals surface area (Å²) in [5.41, 5.74) is 1.16. The third-order valence-electron chi connectivity index (χ3n) is 2.45. The highest BCUT2D eigenvalue weighted by atomic mass is 32.2. The number of unbranched alkanes of at least 4 members (excludes halogenated alkanes) is 1. The maximum absolute atomic E-state index is 13.0. The molecule has 1 rings (SSSR count). The summed E-state index contributed by atoms with van der Waals surface area (Å²) < 4.78 is 36.6. The van der Waals surface area contributed by atoms with E-state index in [-0.39, 0.29) is 6.42 Å². The van der Waals surface area contributed by atoms with Crippen molar-refractivity contribution in [3.05, 3.63) is 35.9 Å². The Bertz CT molecular complexity index is 338. The van der Waals surface area contributed by atoms with Crippen LogP contribution in [0.15, 0.2) is 30.3 Å². The fourth-order valence-electron chi connectivity index (χ4n) is 1.45. The first-order valence-corrected chi connectivity index (χ1v) is 6.83. The van der Waals surface area contributed by atoms with Gasteiger partial charge in [0.05, 0.1) is 10.8 Å². The average Bonchev–Trinajstić information content (AvgIpc) is 2.26. The van der Waals surface area contributed by atoms with Crippen molar-refractivity contribution in [2.24, 2.45) is 0 Å². The monoisotopic (exact) mass is 246 g/mol. The molecule has 0 N–H and O–H groups in total. The van der Waals surface area contributed by atoms with Crippen molar-refractivity contribution >= 4 is 10.8 Å². The van der Waals surface area contributed by atoms with Gasteiger partial charge in [-0.3, -0.25) is 4.21 Å². The number of aryl methyl sites for hydroxylation is 1. The predicted octanol–water partition coefficient (Wildman–Crippen LogP) is 3.37. The van der Waals surface area contributed by atoms with E-state index in [0.29, 0.717) is 12.8 Å². The van der Waals surface area contributed by atoms with E-state index in [9.17, 15) is 13.0 Å². The van der Waals surface area contributed by atoms with Gasteiger partial charge in [0.25, 0.3) is 0 Å². The molecule has 1 nitrogen and oxygen atoms in total. The molecule has 1 aromatic rings. The van der Waals surface area contributed by atoms with E-state index < -0.39 is 16.1 Å². The van der Waals surface area contributed by atoms with E-state index in [2.05, 4.69) is 0 Å². The van der Waals surface area contributed by atoms with Crippen molar-refractivity contribution in [3.63, 3.8) is 0 Å². The Labute approximate surface area is 97.3 Å². The molecule has 1 unspecified atom stereocenters. The molecule has 1 atom stereocenters. The summed E-state index contributed by atoms with van der Waals surface area (Å²) in [7, 11) is -2.06. The Kier molecular flexibility index (Phi) is 5.06. The predicted molar refractivity (Wildman–Crippen MR) is 63.0 cm³/mol. The summed E-state index contributed by atoms with van der Waals surface area (Å²) in [5.74, 6) is 0. The van der Waals surface area contributed by atoms with Crippen LogP contribution in [0.2, 0.25) is 0 Å². The number of benzene rings is 1. The van der Waals surface area contributed by atoms with Crippen LogP contribution in [0.4, 0.5) is 8.78 Å². The smallest absolute Gasteiger partial charge is 0.254 e. The van der Waals surface area contributed by atoms with Crippen molar-refractivity contribution in [2.45, 2.75) is 30.9 Å². The second kappa shape index (κ2) is 6.09. The zero-order chi connectivity index (χ0) is 12.0. The van der Waals surface area contributed by atoms with Crippen LogP contribution in [0, 0.1) is 0 Å². The van der Waals surface area contributed by atoms with Crippen LogP contribution < -0.4 is 0 Å². The standard InChI is InChI=1S/C12H16F2OS/c1-16(15)12(13,14)10-6-5-9-11-7-3-2-4-8-11/h2-4,7-8H,5-6,9-10H2,1H3. The molecule has 0 aromatic heterocycles. The Morgan fingerprint density at radius 2 is 1.81 bits per heavy atom. The molecule has 4 heteroatoms. The normalized spacial score (nSPS) is 13.7. The zero-order valence-electron chi connectivity index (χ0n) is 9.29. The lowest BCUT2D eigenvalue weighted by Gasteiger charge is -2.12. The summed E-state index contributed by atoms with van der Waals surface area (Å²) >= 11 is 0. The van der Waals surface area contributed by atoms with Gasteiger partial charge < -0.3 is 0 Å². The molecule has 0 heterocycles. The molecule has 0 saturated heterocycles. The van der Waals surface area contributed by atoms with E-state index in [1.54, 1.807) is 0 Å². The van der Waals surface area contributed by atoms with Crippen LogP contribution in [0.5, 0.6) is 0 Å². The van der Waals surface area contributed by atoms with Crippen LogP contribution >= 0.6 is 0 Å². The molecule has 0 bridgehead atoms. The van der Waals surface area contributed by atoms with Gasteiger partial charge in [0, 0.05) is 12.7 Å². The van der Waals surface area contributed by atoms with Gasteiger partial charge in [-0.25, -0.2) is 0 Å². The Morgan fingerprint density at radius 3 is 2.38 bits per heavy atom. The third-order valence-corrected chi connectivity index (χ3v) is 3.49. The van der Waals surface area contributed by atoms with E-state index in [1.807, 2.05) is 30.3 Å². The molecular formula is C12H16F2OS. The molecule has 0 spiro atoms. The highest BCUT2D eigenvalue weighted by Gasteiger charge is 2.32. The molecule has 0 aliphatic carbocycles. The topological polar surface area (TPSA) is 17.1 Å². The summed E-state index contributed by atoms with van der Waals surface area (Å²) in [6.07, 6.45) is 2.67. The number of hydrogen-bond acceptors (Lipinski definition) is 1. The maximum Gasteiger partial charge on any atom is 0.320 e. The zero-order valence-corrected chi connectivity index (χ0v) is 10.1. The van der Waals surface area contributed by atoms with Crippen LogP contribution in [-0.4, -0.2) is 15.7 Å². The highest BCUT2D eigenvalue weighted by Crippen LogP contribution is 2.24. The summed E-state index contributed by atoms with van der Waals surface area (Å²) in [6, 6.07) is 9.76. The van der Waals surface area contributed by atoms with Crippen molar-refractivity contribution in [2.75, 3.05) is 6.26 Å². The minimum atomic E-state index is -3.03. The van der Waals surface area contributed by atoms with E-state index in [1.165, 1.54) is 0 Å². The third kappa shape index (κ3) is 4.39. The largest absolute Gasteiger partial charge is 0.320 e. The molecule has 0 amide bonds. The van der Waals surface area contributed by atoms with Gasteiger partial charge in [-0.1, -0.05) is 30.3 Å². The fraction of sp³-hybridized carbons (Fsp3) is 0.500. The number of rotatable bonds is 6. The quantitative estimate of drug-likeness (QED) is 0.703. The van der Waals surface area contributed by atoms with Gasteiger partial charge in [0.2, 0.25) is 0 Å². The summed E-state index contributed by atoms with van der Waals surface area (Å²) in [5, 5.41) is -3.03. The van der Waals surface area contributed by atoms with Gasteiger partial charge >= 0.3 is 5.25 Å². The minimum absolute atomic E-state index is 0.289. The highest BCUT2D eigenvalue weighted by molar-refractivity contribution is 7.85. The van der Waals surface area contributed by atoms with Crippen molar-refractivity contribution in [3.8, 4) is 0 Å². The van der Waals surface area contributed by atoms with Crippen LogP contribution in [0.25, 0.3) is 0 Å². The van der Waals surface area contributed by atoms with Crippen LogP contribution in [-0.2, 0) is 17.2 Å². The minimum Gasteiger partial charge on any atom is -0.254 e. The molecule has 0 aliphatic rings. The van der Waals surface area contributed by atoms with E-state index in [0.717, 1.165) is 18.2 Å². The van der Waals surface area contributed by atoms with E-state index >= 15 is 0 Å². The number of hydrogen-bond donors (Lipinski definition) is 0. The number of alkyl halides is 2. The first-order chi connectivity index (χ1) is 7.52. The lowest BCUT2D eigenvalue weighted by atomic mass is 10.1. The molecular weight excluding hydrogens is 230 g/mol. The molecule has 16 heavy (non-hydrogen) atoms. The Morgan fingerprint density at radius 1 is 1.19 bits per heavy atom. The van der Waals surface area contributed by atoms with Crippen molar-refractivity contribution in [1.29, 1.82) is 0 Å². The van der Waals surface area contributed by atoms with Gasteiger partial charge in [0.15, 0.2) is 0 Å². The average molecular weight is 246 g/mol. The maximum atomic E-state index is 13.0. The number of halogens is 2. The Balaban J connectivity index is 2.25. The lowest BCUT2D eigenvalue weighted by Crippen LogP contribution is -2.21. The Hall–Kier alpha value is -0.770. The van der Waals surface area contributed by atoms with Gasteiger partial charge in [-0.15, -0.1) is 0 Å². The molecule has 0 fully saturated rings. The van der Waals surface area contributed by atoms with Gasteiger partial charge in [-0.2, -0.15) is 8.78 Å². The molecule has 90 valence electrons. The molecule has 0 saturated carbocycles. The summed E-state index contributed by atoms with van der Waals surface area (Å²) in [6.45, 7) is 0. The van der Waals surface area contributed by atoms with Gasteiger partial charge in [0.1, 0.15) is 0 Å². The molecule has 1 aromatic carbocycles. The first kappa shape index (κ1) is 13.3. The molecule has 0 radical (unpaired) electrons. The van der Waals surface area contributed by atoms with Crippen molar-refractivity contribution < 1.29 is 13.0 Å². The van der Waals surface area contributed by atoms with Crippen LogP contribution in [0.1, 0.15) is 24.8 Å². The SMILES string of the molecule is CS(=O)C(F)(F)CCCCc1ccccc1. The lowest BCUT2D eigenvalue weighted by molar-refractivity contribution is 0.0864. The van der Waals surface area contributed by atoms with Gasteiger partial charge in [-0.05, 0) is 24.8 Å². The van der Waals surface area contributed by atoms with E-state index in [4.69, 9.17) is 0 Å². The fourth-order valence-corrected chi connectivity index (χ4v) is 1.88. The second-order valence-corrected chi connectivity index (χ2v) is 5.29. The second-order valence-electron chi connectivity index (χ2n) is 3.78.